The van der Waals surface area contributed by atoms with Crippen LogP contribution in [-0.2, 0) is 16.0 Å². The Bertz CT molecular complexity index is 615. The summed E-state index contributed by atoms with van der Waals surface area (Å²) < 4.78 is 0. The molecule has 24 heavy (non-hydrogen) atoms. The molecule has 0 unspecified atom stereocenters. The van der Waals surface area contributed by atoms with Crippen molar-refractivity contribution in [3.8, 4) is 0 Å². The molecule has 4 fully saturated rings. The quantitative estimate of drug-likeness (QED) is 0.892. The second-order valence-corrected chi connectivity index (χ2v) is 8.30. The van der Waals surface area contributed by atoms with Crippen molar-refractivity contribution in [1.82, 2.24) is 5.32 Å². The lowest BCUT2D eigenvalue weighted by atomic mass is 9.53. The van der Waals surface area contributed by atoms with E-state index in [2.05, 4.69) is 10.6 Å². The van der Waals surface area contributed by atoms with Crippen LogP contribution in [0.2, 0.25) is 0 Å². The van der Waals surface area contributed by atoms with Crippen LogP contribution in [0.25, 0.3) is 0 Å². The van der Waals surface area contributed by atoms with Gasteiger partial charge in [0.1, 0.15) is 0 Å². The monoisotopic (exact) mass is 326 g/mol. The smallest absolute Gasteiger partial charge is 0.224 e. The first-order valence-corrected chi connectivity index (χ1v) is 9.17. The predicted octanol–water partition coefficient (Wildman–Crippen LogP) is 3.27. The third-order valence-corrected chi connectivity index (χ3v) is 6.08. The number of rotatable bonds is 4. The Hall–Kier alpha value is -1.84. The molecule has 0 aromatic heterocycles. The molecule has 2 amide bonds. The third kappa shape index (κ3) is 3.19. The van der Waals surface area contributed by atoms with E-state index in [4.69, 9.17) is 0 Å². The van der Waals surface area contributed by atoms with Gasteiger partial charge in [-0.05, 0) is 74.0 Å². The average molecular weight is 326 g/mol. The van der Waals surface area contributed by atoms with E-state index in [1.807, 2.05) is 24.3 Å². The van der Waals surface area contributed by atoms with E-state index < -0.39 is 0 Å². The number of hydrogen-bond acceptors (Lipinski definition) is 2. The second kappa shape index (κ2) is 5.91. The van der Waals surface area contributed by atoms with Gasteiger partial charge in [-0.15, -0.1) is 0 Å². The van der Waals surface area contributed by atoms with Crippen LogP contribution in [0, 0.1) is 17.8 Å². The van der Waals surface area contributed by atoms with Gasteiger partial charge in [-0.2, -0.15) is 0 Å². The fourth-order valence-corrected chi connectivity index (χ4v) is 5.70. The highest BCUT2D eigenvalue weighted by Gasteiger charge is 2.51. The van der Waals surface area contributed by atoms with E-state index in [0.29, 0.717) is 6.42 Å². The normalized spacial score (nSPS) is 33.3. The molecule has 5 rings (SSSR count). The predicted molar refractivity (Wildman–Crippen MR) is 93.5 cm³/mol. The molecule has 4 nitrogen and oxygen atoms in total. The molecule has 4 aliphatic carbocycles. The third-order valence-electron chi connectivity index (χ3n) is 6.08. The van der Waals surface area contributed by atoms with Gasteiger partial charge >= 0.3 is 0 Å². The zero-order chi connectivity index (χ0) is 16.7. The summed E-state index contributed by atoms with van der Waals surface area (Å²) in [5.74, 6) is 2.59. The van der Waals surface area contributed by atoms with Crippen molar-refractivity contribution in [2.75, 3.05) is 5.32 Å². The number of hydrogen-bond donors (Lipinski definition) is 2. The minimum absolute atomic E-state index is 0.0812. The van der Waals surface area contributed by atoms with Gasteiger partial charge < -0.3 is 10.6 Å². The fourth-order valence-electron chi connectivity index (χ4n) is 5.70. The first kappa shape index (κ1) is 15.7. The van der Waals surface area contributed by atoms with Crippen LogP contribution in [0.3, 0.4) is 0 Å². The van der Waals surface area contributed by atoms with E-state index in [9.17, 15) is 9.59 Å². The highest BCUT2D eigenvalue weighted by Crippen LogP contribution is 2.55. The number of carbonyl (C=O) groups excluding carboxylic acids is 2. The van der Waals surface area contributed by atoms with Gasteiger partial charge in [-0.3, -0.25) is 9.59 Å². The van der Waals surface area contributed by atoms with E-state index in [1.54, 1.807) is 0 Å². The summed E-state index contributed by atoms with van der Waals surface area (Å²) in [6, 6.07) is 7.55. The van der Waals surface area contributed by atoms with Crippen molar-refractivity contribution >= 4 is 17.5 Å². The molecule has 2 N–H and O–H groups in total. The maximum absolute atomic E-state index is 12.6. The SMILES string of the molecule is CC(=O)Nc1ccc(CC(=O)NC23CC4CC(CC(C4)C2)C3)cc1. The lowest BCUT2D eigenvalue weighted by Gasteiger charge is -2.56. The topological polar surface area (TPSA) is 58.2 Å². The van der Waals surface area contributed by atoms with Crippen molar-refractivity contribution < 1.29 is 9.59 Å². The molecule has 0 atom stereocenters. The van der Waals surface area contributed by atoms with Crippen LogP contribution in [0.15, 0.2) is 24.3 Å². The second-order valence-electron chi connectivity index (χ2n) is 8.30. The van der Waals surface area contributed by atoms with Crippen LogP contribution in [0.4, 0.5) is 5.69 Å². The summed E-state index contributed by atoms with van der Waals surface area (Å²) in [5.41, 5.74) is 1.85. The summed E-state index contributed by atoms with van der Waals surface area (Å²) >= 11 is 0. The summed E-state index contributed by atoms with van der Waals surface area (Å²) in [6.45, 7) is 1.49. The number of amides is 2. The Morgan fingerprint density at radius 3 is 2.04 bits per heavy atom. The largest absolute Gasteiger partial charge is 0.350 e. The molecule has 0 aliphatic heterocycles. The lowest BCUT2D eigenvalue weighted by Crippen LogP contribution is -2.60. The van der Waals surface area contributed by atoms with Crippen LogP contribution < -0.4 is 10.6 Å². The van der Waals surface area contributed by atoms with Crippen molar-refractivity contribution in [2.45, 2.75) is 57.4 Å². The zero-order valence-corrected chi connectivity index (χ0v) is 14.3. The summed E-state index contributed by atoms with van der Waals surface area (Å²) in [7, 11) is 0. The molecule has 1 aromatic carbocycles. The molecule has 0 saturated heterocycles. The number of anilines is 1. The molecule has 128 valence electrons. The molecule has 4 bridgehead atoms. The van der Waals surface area contributed by atoms with E-state index in [0.717, 1.165) is 29.0 Å². The van der Waals surface area contributed by atoms with Gasteiger partial charge in [-0.25, -0.2) is 0 Å². The molecule has 4 aliphatic rings. The maximum atomic E-state index is 12.6. The van der Waals surface area contributed by atoms with Crippen molar-refractivity contribution in [2.24, 2.45) is 17.8 Å². The lowest BCUT2D eigenvalue weighted by molar-refractivity contribution is -0.126. The Labute approximate surface area is 143 Å². The average Bonchev–Trinajstić information content (AvgIpc) is 2.46. The minimum Gasteiger partial charge on any atom is -0.350 e. The molecule has 1 aromatic rings. The number of benzene rings is 1. The molecule has 0 spiro atoms. The minimum atomic E-state index is -0.0812. The van der Waals surface area contributed by atoms with Crippen LogP contribution >= 0.6 is 0 Å². The Kier molecular flexibility index (Phi) is 3.86. The van der Waals surface area contributed by atoms with Gasteiger partial charge in [-0.1, -0.05) is 12.1 Å². The number of nitrogens with one attached hydrogen (secondary N) is 2. The molecule has 4 heteroatoms. The Morgan fingerprint density at radius 1 is 1.00 bits per heavy atom. The Balaban J connectivity index is 1.37. The van der Waals surface area contributed by atoms with Crippen LogP contribution in [0.1, 0.15) is 51.0 Å². The summed E-state index contributed by atoms with van der Waals surface area (Å²) in [4.78, 5) is 23.6. The molecular weight excluding hydrogens is 300 g/mol. The van der Waals surface area contributed by atoms with Gasteiger partial charge in [0.05, 0.1) is 6.42 Å². The molecule has 4 saturated carbocycles. The molecule has 0 heterocycles. The van der Waals surface area contributed by atoms with Gasteiger partial charge in [0, 0.05) is 18.2 Å². The first-order valence-electron chi connectivity index (χ1n) is 9.17. The molecular formula is C20H26N2O2. The first-order chi connectivity index (χ1) is 11.5. The van der Waals surface area contributed by atoms with E-state index in [1.165, 1.54) is 45.4 Å². The number of carbonyl (C=O) groups is 2. The molecule has 0 radical (unpaired) electrons. The van der Waals surface area contributed by atoms with Crippen molar-refractivity contribution in [3.63, 3.8) is 0 Å². The summed E-state index contributed by atoms with van der Waals surface area (Å²) in [5, 5.41) is 6.16. The van der Waals surface area contributed by atoms with Crippen molar-refractivity contribution in [1.29, 1.82) is 0 Å². The van der Waals surface area contributed by atoms with Crippen molar-refractivity contribution in [3.05, 3.63) is 29.8 Å². The van der Waals surface area contributed by atoms with E-state index in [-0.39, 0.29) is 17.4 Å². The van der Waals surface area contributed by atoms with Gasteiger partial charge in [0.15, 0.2) is 0 Å². The standard InChI is InChI=1S/C20H26N2O2/c1-13(23)21-18-4-2-14(3-5-18)9-19(24)22-20-10-15-6-16(11-20)8-17(7-15)12-20/h2-5,15-17H,6-12H2,1H3,(H,21,23)(H,22,24). The fraction of sp³-hybridized carbons (Fsp3) is 0.600. The Morgan fingerprint density at radius 2 is 1.54 bits per heavy atom. The maximum Gasteiger partial charge on any atom is 0.224 e. The summed E-state index contributed by atoms with van der Waals surface area (Å²) in [6.07, 6.45) is 8.14. The van der Waals surface area contributed by atoms with Gasteiger partial charge in [0.2, 0.25) is 11.8 Å². The highest BCUT2D eigenvalue weighted by molar-refractivity contribution is 5.88. The zero-order valence-electron chi connectivity index (χ0n) is 14.3. The van der Waals surface area contributed by atoms with Gasteiger partial charge in [0.25, 0.3) is 0 Å². The van der Waals surface area contributed by atoms with E-state index >= 15 is 0 Å². The van der Waals surface area contributed by atoms with Crippen LogP contribution in [0.5, 0.6) is 0 Å². The van der Waals surface area contributed by atoms with Crippen LogP contribution in [-0.4, -0.2) is 17.4 Å². The highest BCUT2D eigenvalue weighted by atomic mass is 16.2.